The molecule has 184 valence electrons. The number of amides is 3. The van der Waals surface area contributed by atoms with Crippen LogP contribution in [0.1, 0.15) is 25.7 Å². The highest BCUT2D eigenvalue weighted by atomic mass is 35.5. The van der Waals surface area contributed by atoms with Gasteiger partial charge in [-0.2, -0.15) is 0 Å². The van der Waals surface area contributed by atoms with E-state index >= 15 is 0 Å². The Kier molecular flexibility index (Phi) is 7.84. The number of hydrogen-bond donors (Lipinski definition) is 3. The van der Waals surface area contributed by atoms with Gasteiger partial charge in [0.15, 0.2) is 0 Å². The maximum Gasteiger partial charge on any atom is 0.322 e. The van der Waals surface area contributed by atoms with E-state index in [9.17, 15) is 26.4 Å². The summed E-state index contributed by atoms with van der Waals surface area (Å²) in [6.45, 7) is 0.370. The smallest absolute Gasteiger partial charge is 0.322 e. The van der Waals surface area contributed by atoms with Crippen LogP contribution in [0.2, 0.25) is 5.02 Å². The van der Waals surface area contributed by atoms with Crippen LogP contribution < -0.4 is 20.1 Å². The predicted octanol–water partition coefficient (Wildman–Crippen LogP) is -0.184. The van der Waals surface area contributed by atoms with E-state index in [2.05, 4.69) is 20.3 Å². The lowest BCUT2D eigenvalue weighted by Gasteiger charge is -2.34. The number of nitrogens with zero attached hydrogens (tertiary/aromatic N) is 2. The molecule has 3 heterocycles. The lowest BCUT2D eigenvalue weighted by molar-refractivity contribution is -0.123. The number of sulfonamides is 2. The van der Waals surface area contributed by atoms with Crippen LogP contribution in [0.5, 0.6) is 5.88 Å². The molecule has 33 heavy (non-hydrogen) atoms. The largest absolute Gasteiger partial charge is 0.474 e. The van der Waals surface area contributed by atoms with Crippen LogP contribution in [0.4, 0.5) is 4.79 Å². The summed E-state index contributed by atoms with van der Waals surface area (Å²) >= 11 is 5.81. The molecule has 0 radical (unpaired) electrons. The summed E-state index contributed by atoms with van der Waals surface area (Å²) in [6.07, 6.45) is 3.18. The average Bonchev–Trinajstić information content (AvgIpc) is 2.99. The Bertz CT molecular complexity index is 1090. The van der Waals surface area contributed by atoms with Gasteiger partial charge >= 0.3 is 6.03 Å². The summed E-state index contributed by atoms with van der Waals surface area (Å²) in [5.41, 5.74) is -1.67. The maximum atomic E-state index is 13.1. The molecular weight excluding hydrogens is 498 g/mol. The first kappa shape index (κ1) is 25.6. The molecule has 0 aromatic carbocycles. The summed E-state index contributed by atoms with van der Waals surface area (Å²) in [4.78, 5) is 28.3. The second kappa shape index (κ2) is 10.1. The standard InChI is InChI=1S/C18H26ClN5O7S2/c1-32(27,28)21-8-2-7-18(16(25)22-17(26)23-18)12-33(29,30)24-9-5-14(6-10-24)31-15-4-3-13(19)11-20-15/h3-4,11,14,21H,2,5-10,12H2,1H3,(H2,22,23,25,26). The number of piperidine rings is 1. The van der Waals surface area contributed by atoms with Crippen molar-refractivity contribution in [1.29, 1.82) is 0 Å². The summed E-state index contributed by atoms with van der Waals surface area (Å²) in [5, 5.41) is 4.99. The Balaban J connectivity index is 1.61. The van der Waals surface area contributed by atoms with Gasteiger partial charge in [0.2, 0.25) is 25.9 Å². The number of pyridine rings is 1. The normalized spacial score (nSPS) is 22.7. The molecule has 3 amide bonds. The minimum atomic E-state index is -3.92. The number of aromatic nitrogens is 1. The zero-order valence-electron chi connectivity index (χ0n) is 17.9. The second-order valence-corrected chi connectivity index (χ2v) is 12.3. The van der Waals surface area contributed by atoms with Gasteiger partial charge in [0.1, 0.15) is 11.6 Å². The topological polar surface area (TPSA) is 164 Å². The van der Waals surface area contributed by atoms with Gasteiger partial charge in [-0.15, -0.1) is 0 Å². The van der Waals surface area contributed by atoms with Gasteiger partial charge in [0, 0.05) is 31.9 Å². The van der Waals surface area contributed by atoms with E-state index in [1.165, 1.54) is 10.5 Å². The number of hydrogen-bond acceptors (Lipinski definition) is 8. The zero-order valence-corrected chi connectivity index (χ0v) is 20.3. The fraction of sp³-hybridized carbons (Fsp3) is 0.611. The second-order valence-electron chi connectivity index (χ2n) is 8.05. The predicted molar refractivity (Wildman–Crippen MR) is 120 cm³/mol. The van der Waals surface area contributed by atoms with Crippen molar-refractivity contribution in [2.24, 2.45) is 0 Å². The number of nitrogens with one attached hydrogen (secondary N) is 3. The molecule has 2 aliphatic rings. The van der Waals surface area contributed by atoms with Crippen LogP contribution in [-0.2, 0) is 24.8 Å². The van der Waals surface area contributed by atoms with Gasteiger partial charge in [-0.1, -0.05) is 11.6 Å². The molecule has 1 atom stereocenters. The molecule has 3 rings (SSSR count). The number of urea groups is 1. The number of rotatable bonds is 10. The van der Waals surface area contributed by atoms with Crippen molar-refractivity contribution in [3.63, 3.8) is 0 Å². The molecule has 2 aliphatic heterocycles. The van der Waals surface area contributed by atoms with Crippen molar-refractivity contribution in [3.05, 3.63) is 23.4 Å². The number of halogens is 1. The molecule has 1 aromatic rings. The zero-order chi connectivity index (χ0) is 24.3. The van der Waals surface area contributed by atoms with Crippen LogP contribution in [0, 0.1) is 0 Å². The van der Waals surface area contributed by atoms with Crippen LogP contribution in [-0.4, -0.2) is 81.3 Å². The molecule has 3 N–H and O–H groups in total. The molecule has 12 nitrogen and oxygen atoms in total. The Morgan fingerprint density at radius 1 is 1.24 bits per heavy atom. The van der Waals surface area contributed by atoms with E-state index in [4.69, 9.17) is 16.3 Å². The summed E-state index contributed by atoms with van der Waals surface area (Å²) in [6, 6.07) is 2.50. The highest BCUT2D eigenvalue weighted by Crippen LogP contribution is 2.25. The third-order valence-corrected chi connectivity index (χ3v) is 8.33. The van der Waals surface area contributed by atoms with Crippen molar-refractivity contribution in [2.45, 2.75) is 37.3 Å². The van der Waals surface area contributed by atoms with E-state index in [0.29, 0.717) is 23.7 Å². The van der Waals surface area contributed by atoms with Crippen molar-refractivity contribution >= 4 is 43.6 Å². The number of ether oxygens (including phenoxy) is 1. The molecule has 0 aliphatic carbocycles. The molecular formula is C18H26ClN5O7S2. The van der Waals surface area contributed by atoms with Gasteiger partial charge in [-0.05, 0) is 31.7 Å². The highest BCUT2D eigenvalue weighted by molar-refractivity contribution is 7.89. The number of imide groups is 1. The molecule has 0 saturated carbocycles. The fourth-order valence-electron chi connectivity index (χ4n) is 3.76. The van der Waals surface area contributed by atoms with E-state index in [1.807, 2.05) is 0 Å². The van der Waals surface area contributed by atoms with Crippen LogP contribution in [0.15, 0.2) is 18.3 Å². The van der Waals surface area contributed by atoms with Crippen molar-refractivity contribution in [2.75, 3.05) is 31.6 Å². The monoisotopic (exact) mass is 523 g/mol. The Hall–Kier alpha value is -2.00. The lowest BCUT2D eigenvalue weighted by atomic mass is 9.96. The first-order valence-electron chi connectivity index (χ1n) is 10.2. The molecule has 15 heteroatoms. The number of carbonyl (C=O) groups excluding carboxylic acids is 2. The third kappa shape index (κ3) is 6.99. The fourth-order valence-corrected chi connectivity index (χ4v) is 6.31. The van der Waals surface area contributed by atoms with Crippen LogP contribution in [0.25, 0.3) is 0 Å². The molecule has 1 aromatic heterocycles. The van der Waals surface area contributed by atoms with Crippen LogP contribution in [0.3, 0.4) is 0 Å². The van der Waals surface area contributed by atoms with Gasteiger partial charge in [-0.3, -0.25) is 10.1 Å². The van der Waals surface area contributed by atoms with Gasteiger partial charge in [0.25, 0.3) is 5.91 Å². The first-order valence-corrected chi connectivity index (χ1v) is 14.1. The van der Waals surface area contributed by atoms with E-state index < -0.39 is 43.3 Å². The van der Waals surface area contributed by atoms with Crippen molar-refractivity contribution in [3.8, 4) is 5.88 Å². The Labute approximate surface area is 197 Å². The highest BCUT2D eigenvalue weighted by Gasteiger charge is 2.50. The molecule has 2 saturated heterocycles. The van der Waals surface area contributed by atoms with E-state index in [0.717, 1.165) is 6.26 Å². The lowest BCUT2D eigenvalue weighted by Crippen LogP contribution is -2.56. The minimum absolute atomic E-state index is 0.00521. The van der Waals surface area contributed by atoms with Gasteiger partial charge in [0.05, 0.1) is 17.0 Å². The first-order chi connectivity index (χ1) is 15.4. The third-order valence-electron chi connectivity index (χ3n) is 5.37. The quantitative estimate of drug-likeness (QED) is 0.280. The van der Waals surface area contributed by atoms with Crippen molar-refractivity contribution in [1.82, 2.24) is 24.6 Å². The molecule has 1 unspecified atom stereocenters. The maximum absolute atomic E-state index is 13.1. The van der Waals surface area contributed by atoms with Crippen LogP contribution >= 0.6 is 11.6 Å². The minimum Gasteiger partial charge on any atom is -0.474 e. The number of carbonyl (C=O) groups is 2. The summed E-state index contributed by atoms with van der Waals surface area (Å²) < 4.78 is 58.0. The van der Waals surface area contributed by atoms with E-state index in [1.54, 1.807) is 12.1 Å². The van der Waals surface area contributed by atoms with Gasteiger partial charge in [-0.25, -0.2) is 35.6 Å². The van der Waals surface area contributed by atoms with Gasteiger partial charge < -0.3 is 10.1 Å². The average molecular weight is 524 g/mol. The Morgan fingerprint density at radius 3 is 2.48 bits per heavy atom. The van der Waals surface area contributed by atoms with E-state index in [-0.39, 0.29) is 38.6 Å². The summed E-state index contributed by atoms with van der Waals surface area (Å²) in [5.74, 6) is -0.976. The SMILES string of the molecule is CS(=O)(=O)NCCCC1(CS(=O)(=O)N2CCC(Oc3ccc(Cl)cn3)CC2)NC(=O)NC1=O. The van der Waals surface area contributed by atoms with Crippen molar-refractivity contribution < 1.29 is 31.2 Å². The Morgan fingerprint density at radius 2 is 1.94 bits per heavy atom. The molecule has 2 fully saturated rings. The molecule has 0 spiro atoms. The molecule has 0 bridgehead atoms. The summed E-state index contributed by atoms with van der Waals surface area (Å²) in [7, 11) is -7.35.